The number of nitrogens with one attached hydrogen (secondary N) is 1. The summed E-state index contributed by atoms with van der Waals surface area (Å²) < 4.78 is 35.2. The van der Waals surface area contributed by atoms with Crippen LogP contribution in [0, 0.1) is 17.0 Å². The van der Waals surface area contributed by atoms with Crippen LogP contribution in [-0.2, 0) is 21.1 Å². The zero-order chi connectivity index (χ0) is 23.2. The summed E-state index contributed by atoms with van der Waals surface area (Å²) in [4.78, 5) is 39.8. The van der Waals surface area contributed by atoms with Crippen LogP contribution in [0.1, 0.15) is 44.0 Å². The number of hydrogen-bond acceptors (Lipinski definition) is 6. The molecule has 0 atom stereocenters. The van der Waals surface area contributed by atoms with E-state index in [9.17, 15) is 23.2 Å². The molecule has 2 aromatic rings. The number of amides is 2. The number of esters is 1. The molecule has 176 valence electrons. The van der Waals surface area contributed by atoms with Crippen molar-refractivity contribution in [3.8, 4) is 0 Å². The SMILES string of the molecule is CC(C)(C)CC(=O)Nc1c(F)cc(C(=O)/N=c2\sccn2COC(=O)CCN)cc1F.Cl. The Hall–Kier alpha value is -2.63. The predicted molar refractivity (Wildman–Crippen MR) is 118 cm³/mol. The minimum Gasteiger partial charge on any atom is -0.444 e. The Morgan fingerprint density at radius 2 is 1.84 bits per heavy atom. The molecule has 1 heterocycles. The van der Waals surface area contributed by atoms with E-state index in [1.165, 1.54) is 4.57 Å². The second-order valence-electron chi connectivity index (χ2n) is 7.86. The molecule has 0 unspecified atom stereocenters. The first-order valence-electron chi connectivity index (χ1n) is 9.38. The summed E-state index contributed by atoms with van der Waals surface area (Å²) in [6.45, 7) is 5.41. The van der Waals surface area contributed by atoms with E-state index in [0.29, 0.717) is 0 Å². The van der Waals surface area contributed by atoms with Crippen LogP contribution in [-0.4, -0.2) is 28.9 Å². The number of nitrogens with zero attached hydrogens (tertiary/aromatic N) is 2. The van der Waals surface area contributed by atoms with Gasteiger partial charge in [-0.05, 0) is 17.5 Å². The van der Waals surface area contributed by atoms with Crippen LogP contribution < -0.4 is 15.9 Å². The summed E-state index contributed by atoms with van der Waals surface area (Å²) in [5, 5.41) is 3.81. The quantitative estimate of drug-likeness (QED) is 0.578. The van der Waals surface area contributed by atoms with Crippen LogP contribution in [0.15, 0.2) is 28.7 Å². The lowest BCUT2D eigenvalue weighted by molar-refractivity contribution is -0.147. The van der Waals surface area contributed by atoms with E-state index in [4.69, 9.17) is 10.5 Å². The number of anilines is 1. The number of rotatable bonds is 7. The average Bonchev–Trinajstić information content (AvgIpc) is 3.08. The third-order valence-corrected chi connectivity index (χ3v) is 4.61. The van der Waals surface area contributed by atoms with Crippen molar-refractivity contribution in [2.24, 2.45) is 16.1 Å². The highest BCUT2D eigenvalue weighted by Crippen LogP contribution is 2.24. The highest BCUT2D eigenvalue weighted by molar-refractivity contribution is 7.07. The molecule has 0 aliphatic carbocycles. The third kappa shape index (κ3) is 8.13. The van der Waals surface area contributed by atoms with E-state index in [2.05, 4.69) is 10.3 Å². The number of benzene rings is 1. The van der Waals surface area contributed by atoms with E-state index < -0.39 is 35.1 Å². The molecule has 1 aromatic carbocycles. The van der Waals surface area contributed by atoms with Crippen LogP contribution in [0.25, 0.3) is 0 Å². The molecule has 0 aliphatic heterocycles. The highest BCUT2D eigenvalue weighted by Gasteiger charge is 2.20. The van der Waals surface area contributed by atoms with Crippen molar-refractivity contribution in [1.82, 2.24) is 4.57 Å². The second kappa shape index (κ2) is 11.8. The summed E-state index contributed by atoms with van der Waals surface area (Å²) in [5.41, 5.74) is 3.96. The molecule has 2 amide bonds. The van der Waals surface area contributed by atoms with Gasteiger partial charge in [-0.1, -0.05) is 20.8 Å². The first-order chi connectivity index (χ1) is 14.5. The molecule has 2 rings (SSSR count). The number of hydrogen-bond donors (Lipinski definition) is 2. The van der Waals surface area contributed by atoms with Gasteiger partial charge in [0.2, 0.25) is 5.91 Å². The number of thiazole rings is 1. The molecule has 3 N–H and O–H groups in total. The molecular formula is C20H25ClF2N4O4S. The van der Waals surface area contributed by atoms with Gasteiger partial charge in [0, 0.05) is 30.1 Å². The Bertz CT molecular complexity index is 1020. The van der Waals surface area contributed by atoms with Crippen molar-refractivity contribution in [3.63, 3.8) is 0 Å². The van der Waals surface area contributed by atoms with Gasteiger partial charge in [-0.2, -0.15) is 4.99 Å². The standard InChI is InChI=1S/C20H24F2N4O4S.ClH/c1-20(2,3)10-15(27)24-17-13(21)8-12(9-14(17)22)18(29)25-19-26(6-7-31-19)11-30-16(28)4-5-23;/h6-9H,4-5,10-11,23H2,1-3H3,(H,24,27);1H/b25-19-;. The maximum absolute atomic E-state index is 14.4. The lowest BCUT2D eigenvalue weighted by atomic mass is 9.92. The van der Waals surface area contributed by atoms with Crippen molar-refractivity contribution in [3.05, 3.63) is 45.7 Å². The smallest absolute Gasteiger partial charge is 0.308 e. The first-order valence-corrected chi connectivity index (χ1v) is 10.3. The van der Waals surface area contributed by atoms with Crippen molar-refractivity contribution in [1.29, 1.82) is 0 Å². The normalized spacial score (nSPS) is 11.6. The number of carbonyl (C=O) groups excluding carboxylic acids is 3. The molecule has 1 aromatic heterocycles. The van der Waals surface area contributed by atoms with E-state index in [0.717, 1.165) is 23.5 Å². The molecule has 0 saturated heterocycles. The maximum atomic E-state index is 14.4. The Labute approximate surface area is 193 Å². The Morgan fingerprint density at radius 3 is 2.41 bits per heavy atom. The number of nitrogens with two attached hydrogens (primary N) is 1. The van der Waals surface area contributed by atoms with Crippen LogP contribution in [0.5, 0.6) is 0 Å². The maximum Gasteiger partial charge on any atom is 0.308 e. The summed E-state index contributed by atoms with van der Waals surface area (Å²) >= 11 is 1.08. The summed E-state index contributed by atoms with van der Waals surface area (Å²) in [6, 6.07) is 1.61. The molecule has 32 heavy (non-hydrogen) atoms. The third-order valence-electron chi connectivity index (χ3n) is 3.81. The number of aromatic nitrogens is 1. The number of carbonyl (C=O) groups is 3. The Kier molecular flexibility index (Phi) is 10.1. The largest absolute Gasteiger partial charge is 0.444 e. The minimum absolute atomic E-state index is 0. The molecule has 12 heteroatoms. The molecule has 0 aliphatic rings. The van der Waals surface area contributed by atoms with Gasteiger partial charge in [0.05, 0.1) is 6.42 Å². The summed E-state index contributed by atoms with van der Waals surface area (Å²) in [6.07, 6.45) is 1.66. The molecule has 8 nitrogen and oxygen atoms in total. The van der Waals surface area contributed by atoms with E-state index in [1.807, 2.05) is 20.8 Å². The highest BCUT2D eigenvalue weighted by atomic mass is 35.5. The fraction of sp³-hybridized carbons (Fsp3) is 0.400. The lowest BCUT2D eigenvalue weighted by Crippen LogP contribution is -2.21. The van der Waals surface area contributed by atoms with Crippen LogP contribution in [0.4, 0.5) is 14.5 Å². The van der Waals surface area contributed by atoms with Crippen LogP contribution in [0.2, 0.25) is 0 Å². The predicted octanol–water partition coefficient (Wildman–Crippen LogP) is 3.21. The van der Waals surface area contributed by atoms with E-state index in [-0.39, 0.29) is 54.3 Å². The van der Waals surface area contributed by atoms with Gasteiger partial charge in [-0.15, -0.1) is 23.7 Å². The molecule has 0 spiro atoms. The van der Waals surface area contributed by atoms with Crippen molar-refractivity contribution in [2.45, 2.75) is 40.3 Å². The molecule has 0 fully saturated rings. The van der Waals surface area contributed by atoms with Gasteiger partial charge in [0.1, 0.15) is 5.69 Å². The van der Waals surface area contributed by atoms with Crippen molar-refractivity contribution < 1.29 is 27.9 Å². The number of halogens is 3. The Morgan fingerprint density at radius 1 is 1.22 bits per heavy atom. The topological polar surface area (TPSA) is 116 Å². The van der Waals surface area contributed by atoms with Crippen LogP contribution >= 0.6 is 23.7 Å². The van der Waals surface area contributed by atoms with Crippen LogP contribution in [0.3, 0.4) is 0 Å². The van der Waals surface area contributed by atoms with Gasteiger partial charge in [-0.25, -0.2) is 8.78 Å². The van der Waals surface area contributed by atoms with E-state index in [1.54, 1.807) is 11.6 Å². The Balaban J connectivity index is 0.00000512. The molecule has 0 radical (unpaired) electrons. The monoisotopic (exact) mass is 490 g/mol. The molecular weight excluding hydrogens is 466 g/mol. The first kappa shape index (κ1) is 27.4. The van der Waals surface area contributed by atoms with Crippen molar-refractivity contribution in [2.75, 3.05) is 11.9 Å². The fourth-order valence-corrected chi connectivity index (χ4v) is 3.16. The average molecular weight is 491 g/mol. The molecule has 0 saturated carbocycles. The second-order valence-corrected chi connectivity index (χ2v) is 8.73. The van der Waals surface area contributed by atoms with Gasteiger partial charge in [-0.3, -0.25) is 19.0 Å². The summed E-state index contributed by atoms with van der Waals surface area (Å²) in [5.74, 6) is -4.12. The van der Waals surface area contributed by atoms with Gasteiger partial charge >= 0.3 is 5.97 Å². The van der Waals surface area contributed by atoms with Gasteiger partial charge < -0.3 is 15.8 Å². The van der Waals surface area contributed by atoms with Gasteiger partial charge in [0.15, 0.2) is 23.2 Å². The number of ether oxygens (including phenoxy) is 1. The van der Waals surface area contributed by atoms with E-state index >= 15 is 0 Å². The van der Waals surface area contributed by atoms with Crippen molar-refractivity contribution >= 4 is 47.2 Å². The summed E-state index contributed by atoms with van der Waals surface area (Å²) in [7, 11) is 0. The molecule has 0 bridgehead atoms. The zero-order valence-electron chi connectivity index (χ0n) is 17.8. The zero-order valence-corrected chi connectivity index (χ0v) is 19.4. The fourth-order valence-electron chi connectivity index (χ4n) is 2.45. The minimum atomic E-state index is -1.09. The van der Waals surface area contributed by atoms with Gasteiger partial charge in [0.25, 0.3) is 5.91 Å². The lowest BCUT2D eigenvalue weighted by Gasteiger charge is -2.17.